The number of piperidine rings is 1. The molecule has 1 aliphatic rings. The monoisotopic (exact) mass is 329 g/mol. The predicted octanol–water partition coefficient (Wildman–Crippen LogP) is 2.49. The summed E-state index contributed by atoms with van der Waals surface area (Å²) in [4.78, 5) is 18.6. The standard InChI is InChI=1S/C18H23N3O3/c1-20-12-13(18(22)24-3)10-17(20)16-5-4-14(11-19-16)21-8-6-15(23-2)7-9-21/h4-5,10-12,15H,6-9H2,1-3H3. The van der Waals surface area contributed by atoms with E-state index in [-0.39, 0.29) is 5.97 Å². The van der Waals surface area contributed by atoms with Crippen molar-refractivity contribution < 1.29 is 14.3 Å². The van der Waals surface area contributed by atoms with Gasteiger partial charge in [-0.15, -0.1) is 0 Å². The Kier molecular flexibility index (Phi) is 4.85. The van der Waals surface area contributed by atoms with E-state index in [2.05, 4.69) is 16.0 Å². The van der Waals surface area contributed by atoms with E-state index in [4.69, 9.17) is 9.47 Å². The first-order valence-electron chi connectivity index (χ1n) is 8.11. The summed E-state index contributed by atoms with van der Waals surface area (Å²) in [5.74, 6) is -0.338. The van der Waals surface area contributed by atoms with Crippen molar-refractivity contribution in [2.75, 3.05) is 32.2 Å². The van der Waals surface area contributed by atoms with Crippen molar-refractivity contribution in [1.82, 2.24) is 9.55 Å². The van der Waals surface area contributed by atoms with Crippen LogP contribution in [-0.2, 0) is 16.5 Å². The number of esters is 1. The number of aromatic nitrogens is 2. The van der Waals surface area contributed by atoms with Crippen molar-refractivity contribution in [3.63, 3.8) is 0 Å². The first-order chi connectivity index (χ1) is 11.6. The van der Waals surface area contributed by atoms with E-state index in [0.29, 0.717) is 11.7 Å². The lowest BCUT2D eigenvalue weighted by Gasteiger charge is -2.32. The molecule has 1 fully saturated rings. The molecule has 0 aromatic carbocycles. The second-order valence-electron chi connectivity index (χ2n) is 6.04. The molecular weight excluding hydrogens is 306 g/mol. The summed E-state index contributed by atoms with van der Waals surface area (Å²) in [5, 5.41) is 0. The summed E-state index contributed by atoms with van der Waals surface area (Å²) in [6.07, 6.45) is 6.10. The van der Waals surface area contributed by atoms with Crippen LogP contribution in [0.25, 0.3) is 11.4 Å². The average molecular weight is 329 g/mol. The van der Waals surface area contributed by atoms with Gasteiger partial charge in [0.25, 0.3) is 0 Å². The molecule has 6 nitrogen and oxygen atoms in total. The maximum atomic E-state index is 11.6. The molecule has 3 rings (SSSR count). The van der Waals surface area contributed by atoms with Crippen LogP contribution in [0.1, 0.15) is 23.2 Å². The topological polar surface area (TPSA) is 56.6 Å². The summed E-state index contributed by atoms with van der Waals surface area (Å²) >= 11 is 0. The van der Waals surface area contributed by atoms with Gasteiger partial charge in [-0.05, 0) is 31.0 Å². The number of pyridine rings is 1. The minimum absolute atomic E-state index is 0.338. The van der Waals surface area contributed by atoms with Gasteiger partial charge in [-0.2, -0.15) is 0 Å². The smallest absolute Gasteiger partial charge is 0.339 e. The Labute approximate surface area is 142 Å². The lowest BCUT2D eigenvalue weighted by atomic mass is 10.1. The minimum atomic E-state index is -0.338. The predicted molar refractivity (Wildman–Crippen MR) is 92.2 cm³/mol. The van der Waals surface area contributed by atoms with Gasteiger partial charge >= 0.3 is 5.97 Å². The molecule has 6 heteroatoms. The van der Waals surface area contributed by atoms with E-state index in [0.717, 1.165) is 43.0 Å². The fraction of sp³-hybridized carbons (Fsp3) is 0.444. The summed E-state index contributed by atoms with van der Waals surface area (Å²) in [5.41, 5.74) is 3.38. The van der Waals surface area contributed by atoms with Crippen LogP contribution < -0.4 is 4.90 Å². The number of carbonyl (C=O) groups is 1. The van der Waals surface area contributed by atoms with Crippen molar-refractivity contribution in [2.45, 2.75) is 18.9 Å². The lowest BCUT2D eigenvalue weighted by molar-refractivity contribution is 0.0600. The fourth-order valence-electron chi connectivity index (χ4n) is 3.12. The van der Waals surface area contributed by atoms with Gasteiger partial charge in [0.15, 0.2) is 0 Å². The molecule has 24 heavy (non-hydrogen) atoms. The van der Waals surface area contributed by atoms with E-state index in [1.807, 2.05) is 23.9 Å². The molecule has 0 spiro atoms. The first kappa shape index (κ1) is 16.5. The lowest BCUT2D eigenvalue weighted by Crippen LogP contribution is -2.36. The summed E-state index contributed by atoms with van der Waals surface area (Å²) in [6.45, 7) is 1.96. The van der Waals surface area contributed by atoms with Crippen LogP contribution in [0.2, 0.25) is 0 Å². The molecule has 0 bridgehead atoms. The van der Waals surface area contributed by atoms with Gasteiger partial charge < -0.3 is 18.9 Å². The Morgan fingerprint density at radius 1 is 1.25 bits per heavy atom. The van der Waals surface area contributed by atoms with Crippen LogP contribution in [-0.4, -0.2) is 48.9 Å². The molecule has 2 aromatic heterocycles. The number of aryl methyl sites for hydroxylation is 1. The molecule has 0 amide bonds. The Hall–Kier alpha value is -2.34. The molecule has 128 valence electrons. The number of hydrogen-bond donors (Lipinski definition) is 0. The summed E-state index contributed by atoms with van der Waals surface area (Å²) in [7, 11) is 5.06. The van der Waals surface area contributed by atoms with Crippen LogP contribution in [0.15, 0.2) is 30.6 Å². The summed E-state index contributed by atoms with van der Waals surface area (Å²) < 4.78 is 12.1. The highest BCUT2D eigenvalue weighted by Gasteiger charge is 2.19. The zero-order chi connectivity index (χ0) is 17.1. The Balaban J connectivity index is 1.75. The quantitative estimate of drug-likeness (QED) is 0.807. The first-order valence-corrected chi connectivity index (χ1v) is 8.11. The van der Waals surface area contributed by atoms with Crippen molar-refractivity contribution >= 4 is 11.7 Å². The number of nitrogens with zero attached hydrogens (tertiary/aromatic N) is 3. The molecule has 0 radical (unpaired) electrons. The zero-order valence-electron chi connectivity index (χ0n) is 14.4. The van der Waals surface area contributed by atoms with Gasteiger partial charge in [0, 0.05) is 33.4 Å². The number of hydrogen-bond acceptors (Lipinski definition) is 5. The third-order valence-electron chi connectivity index (χ3n) is 4.58. The van der Waals surface area contributed by atoms with Gasteiger partial charge in [-0.25, -0.2) is 4.79 Å². The molecule has 0 unspecified atom stereocenters. The average Bonchev–Trinajstić information content (AvgIpc) is 3.03. The molecule has 0 N–H and O–H groups in total. The van der Waals surface area contributed by atoms with E-state index in [1.54, 1.807) is 19.4 Å². The van der Waals surface area contributed by atoms with Crippen molar-refractivity contribution in [3.05, 3.63) is 36.2 Å². The summed E-state index contributed by atoms with van der Waals surface area (Å²) in [6, 6.07) is 5.88. The van der Waals surface area contributed by atoms with Crippen LogP contribution in [0.3, 0.4) is 0 Å². The second kappa shape index (κ2) is 7.05. The Bertz CT molecular complexity index is 701. The van der Waals surface area contributed by atoms with Crippen molar-refractivity contribution in [1.29, 1.82) is 0 Å². The molecule has 2 aromatic rings. The van der Waals surface area contributed by atoms with Gasteiger partial charge in [0.2, 0.25) is 0 Å². The van der Waals surface area contributed by atoms with E-state index >= 15 is 0 Å². The van der Waals surface area contributed by atoms with Gasteiger partial charge in [-0.1, -0.05) is 0 Å². The maximum absolute atomic E-state index is 11.6. The van der Waals surface area contributed by atoms with Crippen molar-refractivity contribution in [2.24, 2.45) is 7.05 Å². The Morgan fingerprint density at radius 2 is 2.00 bits per heavy atom. The number of rotatable bonds is 4. The molecule has 1 aliphatic heterocycles. The van der Waals surface area contributed by atoms with Crippen LogP contribution in [0, 0.1) is 0 Å². The van der Waals surface area contributed by atoms with Crippen LogP contribution in [0.5, 0.6) is 0 Å². The highest BCUT2D eigenvalue weighted by molar-refractivity contribution is 5.90. The van der Waals surface area contributed by atoms with Crippen LogP contribution >= 0.6 is 0 Å². The van der Waals surface area contributed by atoms with E-state index in [9.17, 15) is 4.79 Å². The normalized spacial score (nSPS) is 15.5. The van der Waals surface area contributed by atoms with Gasteiger partial charge in [0.1, 0.15) is 0 Å². The number of methoxy groups -OCH3 is 2. The minimum Gasteiger partial charge on any atom is -0.465 e. The van der Waals surface area contributed by atoms with Crippen LogP contribution in [0.4, 0.5) is 5.69 Å². The van der Waals surface area contributed by atoms with Gasteiger partial charge in [0.05, 0.1) is 42.0 Å². The third-order valence-corrected chi connectivity index (χ3v) is 4.58. The third kappa shape index (κ3) is 3.28. The zero-order valence-corrected chi connectivity index (χ0v) is 14.4. The number of ether oxygens (including phenoxy) is 2. The maximum Gasteiger partial charge on any atom is 0.339 e. The molecule has 0 atom stereocenters. The molecule has 0 aliphatic carbocycles. The molecule has 1 saturated heterocycles. The van der Waals surface area contributed by atoms with Crippen molar-refractivity contribution in [3.8, 4) is 11.4 Å². The number of carbonyl (C=O) groups excluding carboxylic acids is 1. The largest absolute Gasteiger partial charge is 0.465 e. The fourth-order valence-corrected chi connectivity index (χ4v) is 3.12. The number of anilines is 1. The molecular formula is C18H23N3O3. The highest BCUT2D eigenvalue weighted by Crippen LogP contribution is 2.25. The van der Waals surface area contributed by atoms with Gasteiger partial charge in [-0.3, -0.25) is 4.98 Å². The van der Waals surface area contributed by atoms with E-state index < -0.39 is 0 Å². The SMILES string of the molecule is COC(=O)c1cc(-c2ccc(N3CCC(OC)CC3)cn2)n(C)c1. The van der Waals surface area contributed by atoms with E-state index in [1.165, 1.54) is 7.11 Å². The molecule has 0 saturated carbocycles. The molecule has 3 heterocycles. The second-order valence-corrected chi connectivity index (χ2v) is 6.04. The Morgan fingerprint density at radius 3 is 2.58 bits per heavy atom. The highest BCUT2D eigenvalue weighted by atomic mass is 16.5.